The number of carbonyl (C=O) groups is 1. The van der Waals surface area contributed by atoms with Crippen LogP contribution in [0.4, 0.5) is 5.95 Å². The van der Waals surface area contributed by atoms with Crippen LogP contribution in [0.25, 0.3) is 0 Å². The number of likely N-dealkylation sites (tertiary alicyclic amines) is 1. The molecule has 1 aliphatic rings. The Bertz CT molecular complexity index is 483. The molecule has 0 unspecified atom stereocenters. The summed E-state index contributed by atoms with van der Waals surface area (Å²) < 4.78 is 0. The first-order chi connectivity index (χ1) is 10.1. The van der Waals surface area contributed by atoms with E-state index in [1.807, 2.05) is 11.9 Å². The monoisotopic (exact) mass is 308 g/mol. The van der Waals surface area contributed by atoms with E-state index in [1.165, 1.54) is 0 Å². The molecule has 21 heavy (non-hydrogen) atoms. The highest BCUT2D eigenvalue weighted by molar-refractivity contribution is 6.30. The number of aromatic nitrogens is 2. The summed E-state index contributed by atoms with van der Waals surface area (Å²) in [7, 11) is 1.99. The maximum absolute atomic E-state index is 12.0. The molecule has 2 heterocycles. The maximum atomic E-state index is 12.0. The number of amides is 1. The molecular weight excluding hydrogens is 288 g/mol. The molecule has 1 aromatic rings. The van der Waals surface area contributed by atoms with Crippen molar-refractivity contribution in [2.24, 2.45) is 0 Å². The molecule has 0 bridgehead atoms. The van der Waals surface area contributed by atoms with Crippen LogP contribution in [0, 0.1) is 0 Å². The van der Waals surface area contributed by atoms with Crippen LogP contribution in [0.3, 0.4) is 0 Å². The number of carbonyl (C=O) groups excluding carboxylic acids is 1. The second-order valence-corrected chi connectivity index (χ2v) is 5.69. The van der Waals surface area contributed by atoms with E-state index in [-0.39, 0.29) is 5.91 Å². The standard InChI is InChI=1S/C15H21ClN4O/c1-3-4-5-14(21)20-8-6-13(7-9-20)19(2)15-17-10-12(16)11-18-15/h3,10-11,13H,1,4-9H2,2H3. The SMILES string of the molecule is C=CCCC(=O)N1CCC(N(C)c2ncc(Cl)cn2)CC1. The molecule has 6 heteroatoms. The van der Waals surface area contributed by atoms with Gasteiger partial charge in [0.2, 0.25) is 11.9 Å². The first-order valence-corrected chi connectivity index (χ1v) is 7.58. The fourth-order valence-corrected chi connectivity index (χ4v) is 2.63. The summed E-state index contributed by atoms with van der Waals surface area (Å²) in [5.74, 6) is 0.898. The van der Waals surface area contributed by atoms with Crippen LogP contribution in [0.2, 0.25) is 5.02 Å². The van der Waals surface area contributed by atoms with Gasteiger partial charge in [-0.3, -0.25) is 4.79 Å². The number of rotatable bonds is 5. The van der Waals surface area contributed by atoms with Crippen LogP contribution >= 0.6 is 11.6 Å². The third kappa shape index (κ3) is 4.17. The molecule has 0 saturated carbocycles. The Kier molecular flexibility index (Phi) is 5.56. The molecule has 0 aromatic carbocycles. The Balaban J connectivity index is 1.87. The van der Waals surface area contributed by atoms with Gasteiger partial charge in [-0.15, -0.1) is 6.58 Å². The third-order valence-electron chi connectivity index (χ3n) is 3.85. The van der Waals surface area contributed by atoms with Crippen molar-refractivity contribution in [1.29, 1.82) is 0 Å². The molecule has 0 N–H and O–H groups in total. The van der Waals surface area contributed by atoms with Crippen molar-refractivity contribution in [2.45, 2.75) is 31.7 Å². The highest BCUT2D eigenvalue weighted by atomic mass is 35.5. The van der Waals surface area contributed by atoms with E-state index in [2.05, 4.69) is 21.4 Å². The number of piperidine rings is 1. The highest BCUT2D eigenvalue weighted by Crippen LogP contribution is 2.20. The quantitative estimate of drug-likeness (QED) is 0.784. The number of anilines is 1. The highest BCUT2D eigenvalue weighted by Gasteiger charge is 2.25. The predicted octanol–water partition coefficient (Wildman–Crippen LogP) is 2.52. The van der Waals surface area contributed by atoms with Crippen LogP contribution in [0.15, 0.2) is 25.0 Å². The Labute approximate surface area is 130 Å². The normalized spacial score (nSPS) is 15.8. The lowest BCUT2D eigenvalue weighted by molar-refractivity contribution is -0.132. The van der Waals surface area contributed by atoms with Gasteiger partial charge in [0.1, 0.15) is 0 Å². The average molecular weight is 309 g/mol. The van der Waals surface area contributed by atoms with Gasteiger partial charge in [0.25, 0.3) is 0 Å². The van der Waals surface area contributed by atoms with Crippen molar-refractivity contribution < 1.29 is 4.79 Å². The van der Waals surface area contributed by atoms with Crippen molar-refractivity contribution in [2.75, 3.05) is 25.0 Å². The molecular formula is C15H21ClN4O. The molecule has 0 spiro atoms. The largest absolute Gasteiger partial charge is 0.343 e. The van der Waals surface area contributed by atoms with Gasteiger partial charge >= 0.3 is 0 Å². The van der Waals surface area contributed by atoms with Crippen molar-refractivity contribution in [3.63, 3.8) is 0 Å². The lowest BCUT2D eigenvalue weighted by atomic mass is 10.0. The van der Waals surface area contributed by atoms with Crippen molar-refractivity contribution >= 4 is 23.5 Å². The molecule has 1 saturated heterocycles. The number of allylic oxidation sites excluding steroid dienone is 1. The van der Waals surface area contributed by atoms with E-state index in [0.29, 0.717) is 23.4 Å². The Morgan fingerprint density at radius 3 is 2.67 bits per heavy atom. The second-order valence-electron chi connectivity index (χ2n) is 5.25. The fraction of sp³-hybridized carbons (Fsp3) is 0.533. The van der Waals surface area contributed by atoms with E-state index in [1.54, 1.807) is 18.5 Å². The molecule has 0 radical (unpaired) electrons. The van der Waals surface area contributed by atoms with Gasteiger partial charge in [-0.25, -0.2) is 9.97 Å². The van der Waals surface area contributed by atoms with Crippen molar-refractivity contribution in [3.05, 3.63) is 30.1 Å². The minimum atomic E-state index is 0.221. The van der Waals surface area contributed by atoms with E-state index < -0.39 is 0 Å². The molecule has 0 aliphatic carbocycles. The van der Waals surface area contributed by atoms with E-state index in [4.69, 9.17) is 11.6 Å². The predicted molar refractivity (Wildman–Crippen MR) is 84.5 cm³/mol. The average Bonchev–Trinajstić information content (AvgIpc) is 2.53. The summed E-state index contributed by atoms with van der Waals surface area (Å²) in [4.78, 5) is 24.5. The molecule has 114 valence electrons. The minimum absolute atomic E-state index is 0.221. The van der Waals surface area contributed by atoms with Crippen LogP contribution in [-0.4, -0.2) is 47.0 Å². The molecule has 1 aliphatic heterocycles. The molecule has 1 aromatic heterocycles. The number of halogens is 1. The molecule has 0 atom stereocenters. The zero-order chi connectivity index (χ0) is 15.2. The van der Waals surface area contributed by atoms with Crippen LogP contribution in [0.5, 0.6) is 0 Å². The summed E-state index contributed by atoms with van der Waals surface area (Å²) >= 11 is 5.80. The van der Waals surface area contributed by atoms with Crippen molar-refractivity contribution in [1.82, 2.24) is 14.9 Å². The van der Waals surface area contributed by atoms with Crippen LogP contribution in [-0.2, 0) is 4.79 Å². The summed E-state index contributed by atoms with van der Waals surface area (Å²) in [5, 5.41) is 0.537. The Hall–Kier alpha value is -1.62. The lowest BCUT2D eigenvalue weighted by Crippen LogP contribution is -2.46. The Morgan fingerprint density at radius 1 is 1.48 bits per heavy atom. The minimum Gasteiger partial charge on any atom is -0.343 e. The summed E-state index contributed by atoms with van der Waals surface area (Å²) in [6, 6.07) is 0.356. The summed E-state index contributed by atoms with van der Waals surface area (Å²) in [6.07, 6.45) is 8.17. The summed E-state index contributed by atoms with van der Waals surface area (Å²) in [5.41, 5.74) is 0. The number of hydrogen-bond acceptors (Lipinski definition) is 4. The van der Waals surface area contributed by atoms with Gasteiger partial charge in [0.15, 0.2) is 0 Å². The maximum Gasteiger partial charge on any atom is 0.225 e. The van der Waals surface area contributed by atoms with Gasteiger partial charge in [-0.2, -0.15) is 0 Å². The van der Waals surface area contributed by atoms with Crippen LogP contribution < -0.4 is 4.90 Å². The van der Waals surface area contributed by atoms with E-state index in [9.17, 15) is 4.79 Å². The first-order valence-electron chi connectivity index (χ1n) is 7.21. The van der Waals surface area contributed by atoms with Gasteiger partial charge in [0.05, 0.1) is 17.4 Å². The topological polar surface area (TPSA) is 49.3 Å². The molecule has 5 nitrogen and oxygen atoms in total. The zero-order valence-corrected chi connectivity index (χ0v) is 13.1. The van der Waals surface area contributed by atoms with Crippen LogP contribution in [0.1, 0.15) is 25.7 Å². The van der Waals surface area contributed by atoms with Gasteiger partial charge in [-0.1, -0.05) is 17.7 Å². The zero-order valence-electron chi connectivity index (χ0n) is 12.3. The van der Waals surface area contributed by atoms with Crippen molar-refractivity contribution in [3.8, 4) is 0 Å². The first kappa shape index (κ1) is 15.8. The third-order valence-corrected chi connectivity index (χ3v) is 4.04. The van der Waals surface area contributed by atoms with Gasteiger partial charge in [-0.05, 0) is 19.3 Å². The van der Waals surface area contributed by atoms with Gasteiger partial charge < -0.3 is 9.80 Å². The molecule has 1 amide bonds. The lowest BCUT2D eigenvalue weighted by Gasteiger charge is -2.36. The van der Waals surface area contributed by atoms with E-state index in [0.717, 1.165) is 32.4 Å². The summed E-state index contributed by atoms with van der Waals surface area (Å²) in [6.45, 7) is 5.23. The molecule has 1 fully saturated rings. The molecule has 2 rings (SSSR count). The van der Waals surface area contributed by atoms with E-state index >= 15 is 0 Å². The second kappa shape index (κ2) is 7.41. The Morgan fingerprint density at radius 2 is 2.10 bits per heavy atom. The number of nitrogens with zero attached hydrogens (tertiary/aromatic N) is 4. The van der Waals surface area contributed by atoms with Gasteiger partial charge in [0, 0.05) is 32.6 Å². The number of hydrogen-bond donors (Lipinski definition) is 0. The smallest absolute Gasteiger partial charge is 0.225 e. The fourth-order valence-electron chi connectivity index (χ4n) is 2.54.